The number of alkyl halides is 3. The Bertz CT molecular complexity index is 740. The zero-order chi connectivity index (χ0) is 21.4. The summed E-state index contributed by atoms with van der Waals surface area (Å²) in [6, 6.07) is 6.38. The molecule has 0 bridgehead atoms. The van der Waals surface area contributed by atoms with E-state index in [2.05, 4.69) is 11.5 Å². The van der Waals surface area contributed by atoms with Crippen LogP contribution in [0, 0.1) is 11.8 Å². The van der Waals surface area contributed by atoms with Crippen molar-refractivity contribution >= 4 is 5.91 Å². The van der Waals surface area contributed by atoms with Crippen molar-refractivity contribution in [2.75, 3.05) is 26.8 Å². The molecule has 3 rings (SSSR count). The number of nitrogens with zero attached hydrogens (tertiary/aromatic N) is 2. The topological polar surface area (TPSA) is 42.0 Å². The van der Waals surface area contributed by atoms with Crippen LogP contribution >= 0.6 is 0 Å². The molecule has 2 aliphatic rings. The molecule has 4 atom stereocenters. The van der Waals surface area contributed by atoms with Gasteiger partial charge in [-0.05, 0) is 5.92 Å². The van der Waals surface area contributed by atoms with Crippen molar-refractivity contribution in [3.63, 3.8) is 0 Å². The lowest BCUT2D eigenvalue weighted by molar-refractivity contribution is -0.284. The van der Waals surface area contributed by atoms with Crippen molar-refractivity contribution in [2.45, 2.75) is 37.7 Å². The van der Waals surface area contributed by atoms with Gasteiger partial charge >= 0.3 is 6.18 Å². The van der Waals surface area contributed by atoms with Crippen LogP contribution in [0.2, 0.25) is 0 Å². The fourth-order valence-corrected chi connectivity index (χ4v) is 4.70. The van der Waals surface area contributed by atoms with Gasteiger partial charge in [0.15, 0.2) is 0 Å². The van der Waals surface area contributed by atoms with Gasteiger partial charge in [-0.3, -0.25) is 14.5 Å². The first-order valence-electron chi connectivity index (χ1n) is 9.68. The predicted octanol–water partition coefficient (Wildman–Crippen LogP) is 3.38. The number of hydrogen-bond donors (Lipinski definition) is 0. The third-order valence-electron chi connectivity index (χ3n) is 5.86. The third-order valence-corrected chi connectivity index (χ3v) is 5.86. The molecule has 0 N–H and O–H groups in total. The lowest BCUT2D eigenvalue weighted by atomic mass is 9.88. The highest BCUT2D eigenvalue weighted by molar-refractivity contribution is 5.87. The second kappa shape index (κ2) is 8.08. The van der Waals surface area contributed by atoms with E-state index in [4.69, 9.17) is 9.57 Å². The zero-order valence-corrected chi connectivity index (χ0v) is 16.9. The lowest BCUT2D eigenvalue weighted by Gasteiger charge is -2.39. The summed E-state index contributed by atoms with van der Waals surface area (Å²) in [6.07, 6.45) is -3.20. The molecule has 4 unspecified atom stereocenters. The minimum Gasteiger partial charge on any atom is -0.356 e. The van der Waals surface area contributed by atoms with Crippen LogP contribution in [-0.2, 0) is 20.0 Å². The highest BCUT2D eigenvalue weighted by Gasteiger charge is 2.66. The molecule has 0 spiro atoms. The summed E-state index contributed by atoms with van der Waals surface area (Å²) in [5.41, 5.74) is -3.40. The molecule has 2 fully saturated rings. The van der Waals surface area contributed by atoms with Gasteiger partial charge in [-0.2, -0.15) is 13.2 Å². The molecule has 2 heterocycles. The monoisotopic (exact) mass is 412 g/mol. The molecule has 0 radical (unpaired) electrons. The molecular formula is C21H27F3N2O3. The number of ether oxygens (including phenoxy) is 1. The molecule has 2 saturated heterocycles. The Kier molecular flexibility index (Phi) is 6.08. The molecule has 29 heavy (non-hydrogen) atoms. The van der Waals surface area contributed by atoms with E-state index in [9.17, 15) is 18.0 Å². The van der Waals surface area contributed by atoms with Gasteiger partial charge in [0, 0.05) is 37.7 Å². The summed E-state index contributed by atoms with van der Waals surface area (Å²) in [4.78, 5) is 21.2. The van der Waals surface area contributed by atoms with E-state index >= 15 is 0 Å². The van der Waals surface area contributed by atoms with Crippen LogP contribution in [0.5, 0.6) is 0 Å². The van der Waals surface area contributed by atoms with Crippen molar-refractivity contribution in [1.82, 2.24) is 9.96 Å². The van der Waals surface area contributed by atoms with E-state index in [0.29, 0.717) is 13.1 Å². The van der Waals surface area contributed by atoms with Gasteiger partial charge in [-0.1, -0.05) is 50.3 Å². The van der Waals surface area contributed by atoms with Crippen molar-refractivity contribution in [1.29, 1.82) is 0 Å². The van der Waals surface area contributed by atoms with Gasteiger partial charge in [0.2, 0.25) is 0 Å². The fourth-order valence-electron chi connectivity index (χ4n) is 4.70. The van der Waals surface area contributed by atoms with Gasteiger partial charge in [-0.25, -0.2) is 5.06 Å². The minimum atomic E-state index is -4.96. The van der Waals surface area contributed by atoms with Crippen LogP contribution in [0.15, 0.2) is 43.0 Å². The maximum atomic E-state index is 14.3. The largest absolute Gasteiger partial charge is 0.431 e. The molecule has 0 saturated carbocycles. The Morgan fingerprint density at radius 2 is 2.00 bits per heavy atom. The Morgan fingerprint density at radius 3 is 2.52 bits per heavy atom. The number of rotatable bonds is 6. The van der Waals surface area contributed by atoms with Gasteiger partial charge in [-0.15, -0.1) is 6.58 Å². The minimum absolute atomic E-state index is 0.0649. The number of halogens is 3. The van der Waals surface area contributed by atoms with Crippen LogP contribution in [0.25, 0.3) is 0 Å². The number of hydroxylamine groups is 2. The van der Waals surface area contributed by atoms with Gasteiger partial charge < -0.3 is 4.74 Å². The van der Waals surface area contributed by atoms with Crippen LogP contribution in [0.3, 0.4) is 0 Å². The Hall–Kier alpha value is -1.90. The Morgan fingerprint density at radius 1 is 1.34 bits per heavy atom. The van der Waals surface area contributed by atoms with E-state index in [1.165, 1.54) is 24.3 Å². The van der Waals surface area contributed by atoms with Crippen molar-refractivity contribution in [2.24, 2.45) is 11.8 Å². The third kappa shape index (κ3) is 3.47. The number of fused-ring (bicyclic) bond motifs is 1. The molecule has 0 aliphatic carbocycles. The summed E-state index contributed by atoms with van der Waals surface area (Å²) in [5, 5.41) is 0.933. The zero-order valence-electron chi connectivity index (χ0n) is 16.9. The molecule has 1 aromatic carbocycles. The lowest BCUT2D eigenvalue weighted by Crippen LogP contribution is -2.59. The Labute approximate surface area is 169 Å². The normalized spacial score (nSPS) is 27.1. The van der Waals surface area contributed by atoms with Crippen LogP contribution in [-0.4, -0.2) is 60.9 Å². The molecule has 1 amide bonds. The van der Waals surface area contributed by atoms with E-state index in [-0.39, 0.29) is 30.0 Å². The number of likely N-dealkylation sites (tertiary alicyclic amines) is 1. The van der Waals surface area contributed by atoms with E-state index < -0.39 is 23.7 Å². The van der Waals surface area contributed by atoms with Crippen LogP contribution in [0.1, 0.15) is 19.4 Å². The van der Waals surface area contributed by atoms with Gasteiger partial charge in [0.05, 0.1) is 12.6 Å². The molecule has 2 aliphatic heterocycles. The first-order chi connectivity index (χ1) is 13.7. The van der Waals surface area contributed by atoms with E-state index in [0.717, 1.165) is 12.2 Å². The highest BCUT2D eigenvalue weighted by atomic mass is 19.4. The summed E-state index contributed by atoms with van der Waals surface area (Å²) < 4.78 is 47.9. The summed E-state index contributed by atoms with van der Waals surface area (Å²) in [7, 11) is 0.907. The van der Waals surface area contributed by atoms with Crippen LogP contribution < -0.4 is 0 Å². The van der Waals surface area contributed by atoms with E-state index in [1.807, 2.05) is 13.8 Å². The van der Waals surface area contributed by atoms with Gasteiger partial charge in [0.1, 0.15) is 0 Å². The number of methoxy groups -OCH3 is 1. The maximum absolute atomic E-state index is 14.3. The smallest absolute Gasteiger partial charge is 0.356 e. The predicted molar refractivity (Wildman–Crippen MR) is 102 cm³/mol. The fraction of sp³-hybridized carbons (Fsp3) is 0.571. The quantitative estimate of drug-likeness (QED) is 0.672. The molecule has 160 valence electrons. The number of carbonyl (C=O) groups is 1. The van der Waals surface area contributed by atoms with Crippen molar-refractivity contribution < 1.29 is 27.5 Å². The van der Waals surface area contributed by atoms with Gasteiger partial charge in [0.25, 0.3) is 11.5 Å². The van der Waals surface area contributed by atoms with Crippen molar-refractivity contribution in [3.8, 4) is 0 Å². The standard InChI is InChI=1S/C21H27F3N2O3/c1-5-11-25-12-15-13-29-26(18(15)17(25)14(2)3)19(27)20(28-4,21(22,23)24)16-9-7-6-8-10-16/h5-10,14-15,17-18H,1,11-13H2,2-4H3. The van der Waals surface area contributed by atoms with E-state index in [1.54, 1.807) is 12.1 Å². The number of hydrogen-bond acceptors (Lipinski definition) is 4. The average molecular weight is 412 g/mol. The summed E-state index contributed by atoms with van der Waals surface area (Å²) >= 11 is 0. The molecular weight excluding hydrogens is 385 g/mol. The number of amides is 1. The number of carbonyl (C=O) groups excluding carboxylic acids is 1. The molecule has 5 nitrogen and oxygen atoms in total. The average Bonchev–Trinajstić information content (AvgIpc) is 3.21. The van der Waals surface area contributed by atoms with Crippen LogP contribution in [0.4, 0.5) is 13.2 Å². The first-order valence-corrected chi connectivity index (χ1v) is 9.68. The molecule has 8 heteroatoms. The second-order valence-corrected chi connectivity index (χ2v) is 7.90. The number of benzene rings is 1. The summed E-state index contributed by atoms with van der Waals surface area (Å²) in [6.45, 7) is 9.19. The molecule has 1 aromatic rings. The maximum Gasteiger partial charge on any atom is 0.431 e. The highest BCUT2D eigenvalue weighted by Crippen LogP contribution is 2.46. The SMILES string of the molecule is C=CCN1CC2CON(C(=O)C(OC)(c3ccccc3)C(F)(F)F)C2C1C(C)C. The Balaban J connectivity index is 2.04. The van der Waals surface area contributed by atoms with Crippen molar-refractivity contribution in [3.05, 3.63) is 48.6 Å². The molecule has 0 aromatic heterocycles. The summed E-state index contributed by atoms with van der Waals surface area (Å²) in [5.74, 6) is -1.19. The first kappa shape index (κ1) is 21.8. The second-order valence-electron chi connectivity index (χ2n) is 7.90.